The van der Waals surface area contributed by atoms with Crippen LogP contribution in [0, 0.1) is 5.82 Å². The van der Waals surface area contributed by atoms with Crippen molar-refractivity contribution in [1.29, 1.82) is 0 Å². The third-order valence-electron chi connectivity index (χ3n) is 3.47. The summed E-state index contributed by atoms with van der Waals surface area (Å²) in [4.78, 5) is 25.4. The van der Waals surface area contributed by atoms with Crippen LogP contribution in [0.25, 0.3) is 0 Å². The minimum absolute atomic E-state index is 0.0770. The maximum atomic E-state index is 13.0. The van der Waals surface area contributed by atoms with E-state index in [9.17, 15) is 14.0 Å². The van der Waals surface area contributed by atoms with Crippen LogP contribution in [0.3, 0.4) is 0 Å². The van der Waals surface area contributed by atoms with E-state index in [0.717, 1.165) is 0 Å². The summed E-state index contributed by atoms with van der Waals surface area (Å²) in [5.41, 5.74) is 0. The van der Waals surface area contributed by atoms with E-state index in [0.29, 0.717) is 25.4 Å². The summed E-state index contributed by atoms with van der Waals surface area (Å²) < 4.78 is 18.4. The van der Waals surface area contributed by atoms with E-state index in [1.807, 2.05) is 0 Å². The number of piperazine rings is 1. The molecule has 2 N–H and O–H groups in total. The summed E-state index contributed by atoms with van der Waals surface area (Å²) in [6, 6.07) is 5.41. The van der Waals surface area contributed by atoms with E-state index < -0.39 is 0 Å². The lowest BCUT2D eigenvalue weighted by Crippen LogP contribution is -2.58. The van der Waals surface area contributed by atoms with Crippen molar-refractivity contribution in [2.24, 2.45) is 0 Å². The molecule has 0 bridgehead atoms. The average Bonchev–Trinajstić information content (AvgIpc) is 2.54. The van der Waals surface area contributed by atoms with Gasteiger partial charge in [-0.2, -0.15) is 0 Å². The number of hydrogen-bond acceptors (Lipinski definition) is 4. The first kappa shape index (κ1) is 16.2. The predicted molar refractivity (Wildman–Crippen MR) is 78.9 cm³/mol. The lowest BCUT2D eigenvalue weighted by atomic mass is 10.2. The van der Waals surface area contributed by atoms with Gasteiger partial charge in [-0.1, -0.05) is 6.07 Å². The molecule has 120 valence electrons. The SMILES string of the molecule is CNC(=O)[C@@H]1CN(C(=O)CCOc2cccc(F)c2)CCN1. The Labute approximate surface area is 128 Å². The Morgan fingerprint density at radius 1 is 1.50 bits per heavy atom. The van der Waals surface area contributed by atoms with Crippen molar-refractivity contribution in [2.45, 2.75) is 12.5 Å². The van der Waals surface area contributed by atoms with Crippen molar-refractivity contribution < 1.29 is 18.7 Å². The van der Waals surface area contributed by atoms with Crippen LogP contribution < -0.4 is 15.4 Å². The number of rotatable bonds is 5. The molecule has 0 aromatic heterocycles. The molecule has 0 unspecified atom stereocenters. The van der Waals surface area contributed by atoms with Gasteiger partial charge >= 0.3 is 0 Å². The summed E-state index contributed by atoms with van der Waals surface area (Å²) in [7, 11) is 1.57. The lowest BCUT2D eigenvalue weighted by Gasteiger charge is -2.32. The summed E-state index contributed by atoms with van der Waals surface area (Å²) in [6.07, 6.45) is 0.191. The molecule has 0 aliphatic carbocycles. The topological polar surface area (TPSA) is 70.7 Å². The van der Waals surface area contributed by atoms with Crippen molar-refractivity contribution in [3.05, 3.63) is 30.1 Å². The Bertz CT molecular complexity index is 539. The average molecular weight is 309 g/mol. The zero-order valence-corrected chi connectivity index (χ0v) is 12.5. The molecule has 1 aromatic rings. The molecule has 1 fully saturated rings. The second-order valence-electron chi connectivity index (χ2n) is 5.02. The number of benzene rings is 1. The van der Waals surface area contributed by atoms with Crippen molar-refractivity contribution in [2.75, 3.05) is 33.3 Å². The van der Waals surface area contributed by atoms with Gasteiger partial charge in [0.05, 0.1) is 13.0 Å². The van der Waals surface area contributed by atoms with Crippen LogP contribution >= 0.6 is 0 Å². The first-order chi connectivity index (χ1) is 10.6. The summed E-state index contributed by atoms with van der Waals surface area (Å²) in [5.74, 6) is -0.184. The normalized spacial score (nSPS) is 17.9. The van der Waals surface area contributed by atoms with Gasteiger partial charge in [0.15, 0.2) is 0 Å². The predicted octanol–water partition coefficient (Wildman–Crippen LogP) is 0.141. The number of nitrogens with zero attached hydrogens (tertiary/aromatic N) is 1. The van der Waals surface area contributed by atoms with Gasteiger partial charge in [0.1, 0.15) is 17.6 Å². The van der Waals surface area contributed by atoms with Crippen LogP contribution in [0.15, 0.2) is 24.3 Å². The molecular weight excluding hydrogens is 289 g/mol. The Hall–Kier alpha value is -2.15. The third kappa shape index (κ3) is 4.42. The van der Waals surface area contributed by atoms with Gasteiger partial charge in [0.25, 0.3) is 0 Å². The molecule has 0 saturated carbocycles. The molecule has 22 heavy (non-hydrogen) atoms. The Morgan fingerprint density at radius 2 is 2.32 bits per heavy atom. The lowest BCUT2D eigenvalue weighted by molar-refractivity contribution is -0.134. The number of hydrogen-bond donors (Lipinski definition) is 2. The molecule has 6 nitrogen and oxygen atoms in total. The fraction of sp³-hybridized carbons (Fsp3) is 0.467. The van der Waals surface area contributed by atoms with Gasteiger partial charge in [-0.25, -0.2) is 4.39 Å². The number of ether oxygens (including phenoxy) is 1. The third-order valence-corrected chi connectivity index (χ3v) is 3.47. The van der Waals surface area contributed by atoms with E-state index in [2.05, 4.69) is 10.6 Å². The second-order valence-corrected chi connectivity index (χ2v) is 5.02. The van der Waals surface area contributed by atoms with Crippen molar-refractivity contribution >= 4 is 11.8 Å². The zero-order chi connectivity index (χ0) is 15.9. The standard InChI is InChI=1S/C15H20FN3O3/c1-17-15(21)13-10-19(7-6-18-13)14(20)5-8-22-12-4-2-3-11(16)9-12/h2-4,9,13,18H,5-8,10H2,1H3,(H,17,21)/t13-/m0/s1. The molecular formula is C15H20FN3O3. The maximum Gasteiger partial charge on any atom is 0.238 e. The van der Waals surface area contributed by atoms with Gasteiger partial charge in [-0.3, -0.25) is 9.59 Å². The molecule has 1 heterocycles. The number of amides is 2. The minimum Gasteiger partial charge on any atom is -0.493 e. The molecule has 0 spiro atoms. The fourth-order valence-corrected chi connectivity index (χ4v) is 2.30. The van der Waals surface area contributed by atoms with Crippen molar-refractivity contribution in [3.8, 4) is 5.75 Å². The van der Waals surface area contributed by atoms with E-state index in [1.165, 1.54) is 12.1 Å². The summed E-state index contributed by atoms with van der Waals surface area (Å²) in [6.45, 7) is 1.66. The molecule has 1 atom stereocenters. The van der Waals surface area contributed by atoms with Gasteiger partial charge in [0, 0.05) is 32.7 Å². The molecule has 1 aliphatic rings. The second kappa shape index (κ2) is 7.74. The van der Waals surface area contributed by atoms with Gasteiger partial charge < -0.3 is 20.3 Å². The van der Waals surface area contributed by atoms with Crippen LogP contribution in [0.2, 0.25) is 0 Å². The summed E-state index contributed by atoms with van der Waals surface area (Å²) >= 11 is 0. The monoisotopic (exact) mass is 309 g/mol. The van der Waals surface area contributed by atoms with Crippen LogP contribution in [0.5, 0.6) is 5.75 Å². The van der Waals surface area contributed by atoms with Crippen LogP contribution in [-0.4, -0.2) is 56.0 Å². The van der Waals surface area contributed by atoms with E-state index in [4.69, 9.17) is 4.74 Å². The van der Waals surface area contributed by atoms with E-state index in [-0.39, 0.29) is 36.7 Å². The molecule has 1 saturated heterocycles. The number of nitrogens with one attached hydrogen (secondary N) is 2. The molecule has 2 rings (SSSR count). The molecule has 2 amide bonds. The highest BCUT2D eigenvalue weighted by Gasteiger charge is 2.27. The number of carbonyl (C=O) groups is 2. The largest absolute Gasteiger partial charge is 0.493 e. The highest BCUT2D eigenvalue weighted by atomic mass is 19.1. The number of likely N-dealkylation sites (N-methyl/N-ethyl adjacent to an activating group) is 1. The van der Waals surface area contributed by atoms with E-state index in [1.54, 1.807) is 24.1 Å². The van der Waals surface area contributed by atoms with Gasteiger partial charge in [0.2, 0.25) is 11.8 Å². The molecule has 0 radical (unpaired) electrons. The van der Waals surface area contributed by atoms with Crippen LogP contribution in [0.1, 0.15) is 6.42 Å². The Morgan fingerprint density at radius 3 is 3.05 bits per heavy atom. The Balaban J connectivity index is 1.78. The van der Waals surface area contributed by atoms with Gasteiger partial charge in [-0.15, -0.1) is 0 Å². The van der Waals surface area contributed by atoms with E-state index >= 15 is 0 Å². The highest BCUT2D eigenvalue weighted by molar-refractivity contribution is 5.83. The fourth-order valence-electron chi connectivity index (χ4n) is 2.30. The van der Waals surface area contributed by atoms with Crippen molar-refractivity contribution in [3.63, 3.8) is 0 Å². The summed E-state index contributed by atoms with van der Waals surface area (Å²) in [5, 5.41) is 5.63. The smallest absolute Gasteiger partial charge is 0.238 e. The van der Waals surface area contributed by atoms with Crippen molar-refractivity contribution in [1.82, 2.24) is 15.5 Å². The first-order valence-electron chi connectivity index (χ1n) is 7.21. The molecule has 1 aliphatic heterocycles. The highest BCUT2D eigenvalue weighted by Crippen LogP contribution is 2.12. The molecule has 1 aromatic carbocycles. The number of carbonyl (C=O) groups excluding carboxylic acids is 2. The quantitative estimate of drug-likeness (QED) is 0.812. The minimum atomic E-state index is -0.383. The number of halogens is 1. The maximum absolute atomic E-state index is 13.0. The first-order valence-corrected chi connectivity index (χ1v) is 7.21. The zero-order valence-electron chi connectivity index (χ0n) is 12.5. The Kier molecular flexibility index (Phi) is 5.71. The van der Waals surface area contributed by atoms with Gasteiger partial charge in [-0.05, 0) is 12.1 Å². The van der Waals surface area contributed by atoms with Crippen LogP contribution in [-0.2, 0) is 9.59 Å². The molecule has 7 heteroatoms. The van der Waals surface area contributed by atoms with Crippen LogP contribution in [0.4, 0.5) is 4.39 Å².